The molecule has 1 amide bonds. The van der Waals surface area contributed by atoms with E-state index in [1.807, 2.05) is 28.9 Å². The van der Waals surface area contributed by atoms with Crippen molar-refractivity contribution >= 4 is 46.8 Å². The van der Waals surface area contributed by atoms with Gasteiger partial charge in [0.2, 0.25) is 0 Å². The quantitative estimate of drug-likeness (QED) is 0.413. The van der Waals surface area contributed by atoms with Gasteiger partial charge in [0.1, 0.15) is 0 Å². The zero-order chi connectivity index (χ0) is 23.1. The number of nitrogens with one attached hydrogen (secondary N) is 1. The van der Waals surface area contributed by atoms with Gasteiger partial charge in [-0.1, -0.05) is 25.5 Å². The first-order valence-corrected chi connectivity index (χ1v) is 13.8. The number of fused-ring (bicyclic) bond motifs is 2. The van der Waals surface area contributed by atoms with Crippen molar-refractivity contribution in [3.8, 4) is 11.3 Å². The van der Waals surface area contributed by atoms with E-state index in [9.17, 15) is 4.79 Å². The Kier molecular flexibility index (Phi) is 6.01. The Hall–Kier alpha value is -2.49. The number of aromatic nitrogens is 3. The van der Waals surface area contributed by atoms with E-state index in [2.05, 4.69) is 51.3 Å². The molecule has 3 aliphatic rings. The van der Waals surface area contributed by atoms with Gasteiger partial charge < -0.3 is 10.2 Å². The third kappa shape index (κ3) is 4.44. The molecule has 3 aromatic rings. The molecular formula is C25H28N6OS2. The highest BCUT2D eigenvalue weighted by Gasteiger charge is 2.46. The van der Waals surface area contributed by atoms with Crippen LogP contribution in [-0.2, 0) is 4.79 Å². The summed E-state index contributed by atoms with van der Waals surface area (Å²) < 4.78 is 2.31. The molecule has 0 radical (unpaired) electrons. The molecule has 3 fully saturated rings. The first kappa shape index (κ1) is 22.0. The number of hydrogen-bond acceptors (Lipinski definition) is 7. The largest absolute Gasteiger partial charge is 0.369 e. The number of unbranched alkanes of at least 4 members (excludes halogenated alkanes) is 1. The van der Waals surface area contributed by atoms with Gasteiger partial charge in [0, 0.05) is 37.4 Å². The Morgan fingerprint density at radius 2 is 1.94 bits per heavy atom. The van der Waals surface area contributed by atoms with E-state index in [1.54, 1.807) is 23.5 Å². The van der Waals surface area contributed by atoms with E-state index >= 15 is 0 Å². The van der Waals surface area contributed by atoms with Gasteiger partial charge in [-0.3, -0.25) is 9.69 Å². The van der Waals surface area contributed by atoms with Crippen LogP contribution in [0.5, 0.6) is 0 Å². The normalized spacial score (nSPS) is 23.9. The average Bonchev–Trinajstić information content (AvgIpc) is 3.49. The molecule has 176 valence electrons. The molecule has 0 spiro atoms. The van der Waals surface area contributed by atoms with Crippen LogP contribution in [0.25, 0.3) is 23.0 Å². The fourth-order valence-corrected chi connectivity index (χ4v) is 6.82. The maximum atomic E-state index is 12.3. The van der Waals surface area contributed by atoms with Gasteiger partial charge >= 0.3 is 0 Å². The molecule has 6 rings (SSSR count). The van der Waals surface area contributed by atoms with Crippen LogP contribution in [0, 0.1) is 0 Å². The molecule has 0 aliphatic carbocycles. The van der Waals surface area contributed by atoms with Crippen LogP contribution < -0.4 is 10.2 Å². The maximum absolute atomic E-state index is 12.3. The molecule has 5 heterocycles. The van der Waals surface area contributed by atoms with Gasteiger partial charge in [0.25, 0.3) is 5.91 Å². The SMILES string of the molecule is CCCCN1CCN(c2ccc(-c3cnc4ccc(/C=C5\SC6SC6NC5=O)nn34)cc2)CC1. The number of hydrogen-bond donors (Lipinski definition) is 1. The molecule has 3 saturated heterocycles. The fraction of sp³-hybridized carbons (Fsp3) is 0.400. The van der Waals surface area contributed by atoms with Crippen LogP contribution in [0.15, 0.2) is 47.5 Å². The minimum Gasteiger partial charge on any atom is -0.369 e. The highest BCUT2D eigenvalue weighted by molar-refractivity contribution is 8.26. The van der Waals surface area contributed by atoms with E-state index in [4.69, 9.17) is 5.10 Å². The van der Waals surface area contributed by atoms with E-state index < -0.39 is 0 Å². The number of anilines is 1. The van der Waals surface area contributed by atoms with Crippen molar-refractivity contribution < 1.29 is 4.79 Å². The van der Waals surface area contributed by atoms with E-state index in [0.29, 0.717) is 4.58 Å². The number of thioether (sulfide) groups is 2. The van der Waals surface area contributed by atoms with Gasteiger partial charge in [-0.25, -0.2) is 9.50 Å². The van der Waals surface area contributed by atoms with Crippen LogP contribution in [0.2, 0.25) is 0 Å². The Morgan fingerprint density at radius 1 is 1.12 bits per heavy atom. The zero-order valence-corrected chi connectivity index (χ0v) is 20.8. The Labute approximate surface area is 208 Å². The highest BCUT2D eigenvalue weighted by atomic mass is 32.2. The number of nitrogens with zero attached hydrogens (tertiary/aromatic N) is 5. The number of amides is 1. The standard InChI is InChI=1S/C25H28N6OS2/c1-2-3-10-29-11-13-30(14-12-29)19-7-4-17(5-8-19)20-16-26-22-9-6-18(28-31(20)22)15-21-23(32)27-24-25(33-21)34-24/h4-9,15-16,24-25H,2-3,10-14H2,1H3,(H,27,32)/b21-15-. The predicted molar refractivity (Wildman–Crippen MR) is 141 cm³/mol. The average molecular weight is 493 g/mol. The van der Waals surface area contributed by atoms with Crippen LogP contribution >= 0.6 is 23.5 Å². The summed E-state index contributed by atoms with van der Waals surface area (Å²) in [4.78, 5) is 22.6. The molecule has 1 aromatic carbocycles. The second kappa shape index (κ2) is 9.28. The molecule has 2 aromatic heterocycles. The van der Waals surface area contributed by atoms with E-state index in [0.717, 1.165) is 53.7 Å². The van der Waals surface area contributed by atoms with Gasteiger partial charge in [-0.2, -0.15) is 5.10 Å². The van der Waals surface area contributed by atoms with E-state index in [-0.39, 0.29) is 11.3 Å². The van der Waals surface area contributed by atoms with Gasteiger partial charge in [0.05, 0.1) is 32.4 Å². The second-order valence-corrected chi connectivity index (χ2v) is 11.7. The zero-order valence-electron chi connectivity index (χ0n) is 19.2. The number of piperazine rings is 1. The fourth-order valence-electron chi connectivity index (χ4n) is 4.52. The third-order valence-electron chi connectivity index (χ3n) is 6.58. The van der Waals surface area contributed by atoms with Crippen LogP contribution in [0.4, 0.5) is 5.69 Å². The topological polar surface area (TPSA) is 65.8 Å². The van der Waals surface area contributed by atoms with Crippen molar-refractivity contribution in [3.63, 3.8) is 0 Å². The summed E-state index contributed by atoms with van der Waals surface area (Å²) in [5.41, 5.74) is 4.85. The Morgan fingerprint density at radius 3 is 2.74 bits per heavy atom. The summed E-state index contributed by atoms with van der Waals surface area (Å²) >= 11 is 3.41. The number of benzene rings is 1. The summed E-state index contributed by atoms with van der Waals surface area (Å²) in [5.74, 6) is -0.00853. The lowest BCUT2D eigenvalue weighted by Gasteiger charge is -2.36. The van der Waals surface area contributed by atoms with Crippen LogP contribution in [-0.4, -0.2) is 68.1 Å². The van der Waals surface area contributed by atoms with Crippen molar-refractivity contribution in [2.45, 2.75) is 29.7 Å². The summed E-state index contributed by atoms with van der Waals surface area (Å²) in [6.45, 7) is 7.88. The molecule has 2 atom stereocenters. The molecule has 9 heteroatoms. The van der Waals surface area contributed by atoms with Crippen molar-refractivity contribution in [2.75, 3.05) is 37.6 Å². The van der Waals surface area contributed by atoms with E-state index in [1.165, 1.54) is 25.1 Å². The number of carbonyl (C=O) groups is 1. The molecule has 0 saturated carbocycles. The molecular weight excluding hydrogens is 464 g/mol. The first-order valence-electron chi connectivity index (χ1n) is 11.9. The molecule has 0 bridgehead atoms. The van der Waals surface area contributed by atoms with Crippen molar-refractivity contribution in [1.82, 2.24) is 24.8 Å². The van der Waals surface area contributed by atoms with Crippen molar-refractivity contribution in [3.05, 3.63) is 53.2 Å². The molecule has 1 N–H and O–H groups in total. The van der Waals surface area contributed by atoms with Crippen molar-refractivity contribution in [2.24, 2.45) is 0 Å². The predicted octanol–water partition coefficient (Wildman–Crippen LogP) is 3.92. The monoisotopic (exact) mass is 492 g/mol. The Balaban J connectivity index is 1.19. The van der Waals surface area contributed by atoms with Gasteiger partial charge in [-0.05, 0) is 43.3 Å². The molecule has 3 aliphatic heterocycles. The minimum absolute atomic E-state index is 0.00853. The number of imidazole rings is 1. The summed E-state index contributed by atoms with van der Waals surface area (Å²) in [7, 11) is 0. The lowest BCUT2D eigenvalue weighted by atomic mass is 10.1. The summed E-state index contributed by atoms with van der Waals surface area (Å²) in [6.07, 6.45) is 6.29. The Bertz CT molecular complexity index is 1230. The summed E-state index contributed by atoms with van der Waals surface area (Å²) in [5, 5.41) is 8.08. The molecule has 7 nitrogen and oxygen atoms in total. The number of carbonyl (C=O) groups excluding carboxylic acids is 1. The summed E-state index contributed by atoms with van der Waals surface area (Å²) in [6, 6.07) is 12.6. The minimum atomic E-state index is -0.00853. The lowest BCUT2D eigenvalue weighted by Crippen LogP contribution is -2.46. The van der Waals surface area contributed by atoms with Gasteiger partial charge in [-0.15, -0.1) is 23.5 Å². The lowest BCUT2D eigenvalue weighted by molar-refractivity contribution is -0.116. The first-order chi connectivity index (χ1) is 16.7. The van der Waals surface area contributed by atoms with Crippen LogP contribution in [0.1, 0.15) is 25.5 Å². The molecule has 34 heavy (non-hydrogen) atoms. The number of rotatable bonds is 6. The second-order valence-electron chi connectivity index (χ2n) is 8.93. The third-order valence-corrected chi connectivity index (χ3v) is 9.35. The highest BCUT2D eigenvalue weighted by Crippen LogP contribution is 2.53. The van der Waals surface area contributed by atoms with Gasteiger partial charge in [0.15, 0.2) is 5.65 Å². The molecule has 2 unspecified atom stereocenters. The van der Waals surface area contributed by atoms with Crippen LogP contribution in [0.3, 0.4) is 0 Å². The van der Waals surface area contributed by atoms with Crippen molar-refractivity contribution in [1.29, 1.82) is 0 Å². The maximum Gasteiger partial charge on any atom is 0.258 e. The smallest absolute Gasteiger partial charge is 0.258 e.